The SMILES string of the molecule is O=C(O)CNC(=O)c1nc(-c2ccccn2)c2onc(-c3ccccc3)c2c1O. The van der Waals surface area contributed by atoms with Gasteiger partial charge in [-0.2, -0.15) is 0 Å². The average molecular weight is 390 g/mol. The third-order valence-corrected chi connectivity index (χ3v) is 4.16. The van der Waals surface area contributed by atoms with E-state index in [0.29, 0.717) is 17.0 Å². The van der Waals surface area contributed by atoms with Gasteiger partial charge in [0.2, 0.25) is 0 Å². The summed E-state index contributed by atoms with van der Waals surface area (Å²) < 4.78 is 5.46. The second kappa shape index (κ2) is 7.39. The minimum Gasteiger partial charge on any atom is -0.505 e. The van der Waals surface area contributed by atoms with E-state index in [1.165, 1.54) is 0 Å². The van der Waals surface area contributed by atoms with Crippen LogP contribution in [0.3, 0.4) is 0 Å². The highest BCUT2D eigenvalue weighted by Crippen LogP contribution is 2.39. The second-order valence-corrected chi connectivity index (χ2v) is 6.05. The number of hydrogen-bond acceptors (Lipinski definition) is 7. The van der Waals surface area contributed by atoms with Crippen LogP contribution in [0.15, 0.2) is 59.3 Å². The number of aromatic nitrogens is 3. The van der Waals surface area contributed by atoms with E-state index < -0.39 is 24.2 Å². The molecule has 0 fully saturated rings. The number of carboxylic acid groups (broad SMARTS) is 1. The molecule has 0 bridgehead atoms. The van der Waals surface area contributed by atoms with Crippen LogP contribution in [0.1, 0.15) is 10.5 Å². The van der Waals surface area contributed by atoms with Crippen molar-refractivity contribution in [3.63, 3.8) is 0 Å². The molecule has 9 nitrogen and oxygen atoms in total. The van der Waals surface area contributed by atoms with Crippen LogP contribution >= 0.6 is 0 Å². The van der Waals surface area contributed by atoms with Gasteiger partial charge in [-0.25, -0.2) is 4.98 Å². The van der Waals surface area contributed by atoms with Gasteiger partial charge in [-0.1, -0.05) is 41.6 Å². The fourth-order valence-corrected chi connectivity index (χ4v) is 2.87. The van der Waals surface area contributed by atoms with E-state index in [-0.39, 0.29) is 22.4 Å². The van der Waals surface area contributed by atoms with Crippen LogP contribution in [0, 0.1) is 0 Å². The summed E-state index contributed by atoms with van der Waals surface area (Å²) in [6.45, 7) is -0.619. The molecule has 9 heteroatoms. The Kier molecular flexibility index (Phi) is 4.62. The number of amides is 1. The number of rotatable bonds is 5. The quantitative estimate of drug-likeness (QED) is 0.472. The lowest BCUT2D eigenvalue weighted by molar-refractivity contribution is -0.135. The van der Waals surface area contributed by atoms with Crippen molar-refractivity contribution in [2.75, 3.05) is 6.54 Å². The van der Waals surface area contributed by atoms with Crippen LogP contribution in [-0.2, 0) is 4.79 Å². The first-order valence-electron chi connectivity index (χ1n) is 8.55. The first-order chi connectivity index (χ1) is 14.1. The van der Waals surface area contributed by atoms with Crippen molar-refractivity contribution in [1.82, 2.24) is 20.4 Å². The van der Waals surface area contributed by atoms with Gasteiger partial charge >= 0.3 is 5.97 Å². The lowest BCUT2D eigenvalue weighted by Gasteiger charge is -2.09. The largest absolute Gasteiger partial charge is 0.505 e. The number of carboxylic acids is 1. The Hall–Kier alpha value is -4.27. The fraction of sp³-hybridized carbons (Fsp3) is 0.0500. The van der Waals surface area contributed by atoms with Gasteiger partial charge in [-0.3, -0.25) is 14.6 Å². The molecule has 0 aliphatic rings. The molecular formula is C20H14N4O5. The number of aromatic hydroxyl groups is 1. The number of benzene rings is 1. The Morgan fingerprint density at radius 1 is 1.03 bits per heavy atom. The molecule has 3 heterocycles. The zero-order valence-corrected chi connectivity index (χ0v) is 14.9. The van der Waals surface area contributed by atoms with Crippen LogP contribution in [0.2, 0.25) is 0 Å². The molecule has 3 aromatic heterocycles. The van der Waals surface area contributed by atoms with Gasteiger partial charge < -0.3 is 20.1 Å². The van der Waals surface area contributed by atoms with E-state index >= 15 is 0 Å². The highest BCUT2D eigenvalue weighted by molar-refractivity contribution is 6.08. The van der Waals surface area contributed by atoms with Crippen LogP contribution in [0.25, 0.3) is 33.6 Å². The molecule has 1 aromatic carbocycles. The predicted octanol–water partition coefficient (Wildman–Crippen LogP) is 2.47. The van der Waals surface area contributed by atoms with Gasteiger partial charge in [-0.15, -0.1) is 0 Å². The fourth-order valence-electron chi connectivity index (χ4n) is 2.87. The van der Waals surface area contributed by atoms with Gasteiger partial charge in [0.1, 0.15) is 17.9 Å². The lowest BCUT2D eigenvalue weighted by atomic mass is 10.0. The molecule has 3 N–H and O–H groups in total. The summed E-state index contributed by atoms with van der Waals surface area (Å²) in [6, 6.07) is 14.1. The van der Waals surface area contributed by atoms with Gasteiger partial charge in [0.15, 0.2) is 17.0 Å². The zero-order chi connectivity index (χ0) is 20.4. The van der Waals surface area contributed by atoms with Crippen molar-refractivity contribution in [2.24, 2.45) is 0 Å². The number of nitrogens with zero attached hydrogens (tertiary/aromatic N) is 3. The Morgan fingerprint density at radius 2 is 1.79 bits per heavy atom. The number of hydrogen-bond donors (Lipinski definition) is 3. The topological polar surface area (TPSA) is 138 Å². The summed E-state index contributed by atoms with van der Waals surface area (Å²) in [4.78, 5) is 31.7. The molecule has 4 rings (SSSR count). The molecule has 4 aromatic rings. The monoisotopic (exact) mass is 390 g/mol. The summed E-state index contributed by atoms with van der Waals surface area (Å²) in [5.41, 5.74) is 1.41. The molecule has 0 aliphatic heterocycles. The highest BCUT2D eigenvalue weighted by atomic mass is 16.5. The van der Waals surface area contributed by atoms with Crippen molar-refractivity contribution >= 4 is 22.8 Å². The van der Waals surface area contributed by atoms with Crippen molar-refractivity contribution in [2.45, 2.75) is 0 Å². The Balaban J connectivity index is 1.97. The third-order valence-electron chi connectivity index (χ3n) is 4.16. The first kappa shape index (κ1) is 18.1. The maximum atomic E-state index is 12.5. The molecule has 144 valence electrons. The smallest absolute Gasteiger partial charge is 0.322 e. The Bertz CT molecular complexity index is 1210. The van der Waals surface area contributed by atoms with Gasteiger partial charge in [0.25, 0.3) is 5.91 Å². The average Bonchev–Trinajstić information content (AvgIpc) is 3.19. The van der Waals surface area contributed by atoms with Crippen molar-refractivity contribution in [1.29, 1.82) is 0 Å². The predicted molar refractivity (Wildman–Crippen MR) is 102 cm³/mol. The van der Waals surface area contributed by atoms with Crippen molar-refractivity contribution < 1.29 is 24.3 Å². The van der Waals surface area contributed by atoms with E-state index in [4.69, 9.17) is 9.63 Å². The molecule has 0 atom stereocenters. The molecule has 0 spiro atoms. The van der Waals surface area contributed by atoms with E-state index in [2.05, 4.69) is 20.4 Å². The molecule has 29 heavy (non-hydrogen) atoms. The summed E-state index contributed by atoms with van der Waals surface area (Å²) in [5, 5.41) is 26.1. The maximum Gasteiger partial charge on any atom is 0.322 e. The maximum absolute atomic E-state index is 12.5. The Labute approximate surface area is 163 Å². The normalized spacial score (nSPS) is 10.8. The number of carbonyl (C=O) groups excluding carboxylic acids is 1. The lowest BCUT2D eigenvalue weighted by Crippen LogP contribution is -2.30. The zero-order valence-electron chi connectivity index (χ0n) is 14.9. The van der Waals surface area contributed by atoms with E-state index in [1.54, 1.807) is 48.7 Å². The van der Waals surface area contributed by atoms with Crippen LogP contribution in [0.4, 0.5) is 0 Å². The molecular weight excluding hydrogens is 376 g/mol. The summed E-state index contributed by atoms with van der Waals surface area (Å²) in [6.07, 6.45) is 1.55. The standard InChI is InChI=1S/C20H14N4O5/c25-13(26)10-22-20(28)17-18(27)14-15(11-6-2-1-3-7-11)24-29-19(14)16(23-17)12-8-4-5-9-21-12/h1-9,27H,10H2,(H,22,28)(H,25,26). The minimum atomic E-state index is -1.22. The number of nitrogens with one attached hydrogen (secondary N) is 1. The van der Waals surface area contributed by atoms with Crippen LogP contribution < -0.4 is 5.32 Å². The number of pyridine rings is 2. The van der Waals surface area contributed by atoms with E-state index in [9.17, 15) is 14.7 Å². The molecule has 0 radical (unpaired) electrons. The number of fused-ring (bicyclic) bond motifs is 1. The number of aliphatic carboxylic acids is 1. The van der Waals surface area contributed by atoms with Gasteiger partial charge in [0, 0.05) is 11.8 Å². The molecule has 0 aliphatic carbocycles. The third kappa shape index (κ3) is 3.36. The molecule has 1 amide bonds. The van der Waals surface area contributed by atoms with E-state index in [1.807, 2.05) is 6.07 Å². The Morgan fingerprint density at radius 3 is 2.48 bits per heavy atom. The summed E-state index contributed by atoms with van der Waals surface area (Å²) in [5.74, 6) is -2.52. The van der Waals surface area contributed by atoms with Crippen molar-refractivity contribution in [3.05, 3.63) is 60.4 Å². The summed E-state index contributed by atoms with van der Waals surface area (Å²) >= 11 is 0. The van der Waals surface area contributed by atoms with E-state index in [0.717, 1.165) is 0 Å². The number of carbonyl (C=O) groups is 2. The summed E-state index contributed by atoms with van der Waals surface area (Å²) in [7, 11) is 0. The molecule has 0 saturated heterocycles. The van der Waals surface area contributed by atoms with Crippen LogP contribution in [-0.4, -0.2) is 43.8 Å². The molecule has 0 saturated carbocycles. The second-order valence-electron chi connectivity index (χ2n) is 6.05. The van der Waals surface area contributed by atoms with Gasteiger partial charge in [0.05, 0.1) is 11.1 Å². The van der Waals surface area contributed by atoms with Crippen LogP contribution in [0.5, 0.6) is 5.75 Å². The minimum absolute atomic E-state index is 0.162. The molecule has 0 unspecified atom stereocenters. The van der Waals surface area contributed by atoms with Gasteiger partial charge in [-0.05, 0) is 12.1 Å². The highest BCUT2D eigenvalue weighted by Gasteiger charge is 2.26. The van der Waals surface area contributed by atoms with Crippen molar-refractivity contribution in [3.8, 4) is 28.4 Å². The first-order valence-corrected chi connectivity index (χ1v) is 8.55.